The molecule has 0 spiro atoms. The molecule has 5 heteroatoms. The number of hydrogen-bond donors (Lipinski definition) is 1. The second kappa shape index (κ2) is 4.02. The maximum absolute atomic E-state index is 4.38. The summed E-state index contributed by atoms with van der Waals surface area (Å²) < 4.78 is 1.98. The van der Waals surface area contributed by atoms with Crippen LogP contribution >= 0.6 is 11.3 Å². The van der Waals surface area contributed by atoms with Crippen LogP contribution in [0.3, 0.4) is 0 Å². The Morgan fingerprint density at radius 3 is 2.73 bits per heavy atom. The van der Waals surface area contributed by atoms with Gasteiger partial charge in [0.25, 0.3) is 0 Å². The first-order chi connectivity index (χ1) is 7.15. The van der Waals surface area contributed by atoms with E-state index >= 15 is 0 Å². The van der Waals surface area contributed by atoms with Crippen molar-refractivity contribution in [2.45, 2.75) is 20.4 Å². The molecule has 4 nitrogen and oxygen atoms in total. The van der Waals surface area contributed by atoms with E-state index in [1.165, 1.54) is 0 Å². The van der Waals surface area contributed by atoms with Crippen LogP contribution in [0.15, 0.2) is 11.6 Å². The van der Waals surface area contributed by atoms with Crippen molar-refractivity contribution in [3.05, 3.63) is 28.0 Å². The van der Waals surface area contributed by atoms with Crippen molar-refractivity contribution >= 4 is 17.3 Å². The van der Waals surface area contributed by atoms with Crippen LogP contribution in [0, 0.1) is 13.8 Å². The number of aryl methyl sites for hydroxylation is 3. The average molecular weight is 222 g/mol. The summed E-state index contributed by atoms with van der Waals surface area (Å²) in [4.78, 5) is 8.74. The van der Waals surface area contributed by atoms with Crippen LogP contribution in [0.2, 0.25) is 0 Å². The van der Waals surface area contributed by atoms with E-state index in [2.05, 4.69) is 20.7 Å². The Morgan fingerprint density at radius 1 is 1.40 bits per heavy atom. The molecule has 2 heterocycles. The third-order valence-corrected chi connectivity index (χ3v) is 2.91. The Labute approximate surface area is 93.0 Å². The topological polar surface area (TPSA) is 42.7 Å². The van der Waals surface area contributed by atoms with Crippen molar-refractivity contribution < 1.29 is 0 Å². The molecule has 0 aliphatic carbocycles. The molecule has 80 valence electrons. The number of aromatic nitrogens is 3. The van der Waals surface area contributed by atoms with Crippen LogP contribution in [-0.4, -0.2) is 14.5 Å². The Morgan fingerprint density at radius 2 is 2.20 bits per heavy atom. The third kappa shape index (κ3) is 2.36. The number of imidazole rings is 1. The fourth-order valence-electron chi connectivity index (χ4n) is 1.44. The van der Waals surface area contributed by atoms with Gasteiger partial charge in [-0.3, -0.25) is 0 Å². The summed E-state index contributed by atoms with van der Waals surface area (Å²) >= 11 is 1.67. The van der Waals surface area contributed by atoms with Gasteiger partial charge in [-0.05, 0) is 13.8 Å². The first-order valence-corrected chi connectivity index (χ1v) is 5.68. The van der Waals surface area contributed by atoms with Crippen LogP contribution in [-0.2, 0) is 13.6 Å². The first kappa shape index (κ1) is 10.2. The van der Waals surface area contributed by atoms with Gasteiger partial charge in [-0.2, -0.15) is 0 Å². The Bertz CT molecular complexity index is 458. The summed E-state index contributed by atoms with van der Waals surface area (Å²) in [5, 5.41) is 6.43. The Balaban J connectivity index is 2.01. The number of anilines is 1. The molecule has 0 saturated heterocycles. The summed E-state index contributed by atoms with van der Waals surface area (Å²) in [6, 6.07) is 0. The van der Waals surface area contributed by atoms with E-state index in [0.717, 1.165) is 28.9 Å². The van der Waals surface area contributed by atoms with Crippen LogP contribution < -0.4 is 5.32 Å². The van der Waals surface area contributed by atoms with E-state index in [1.807, 2.05) is 31.7 Å². The van der Waals surface area contributed by atoms with E-state index in [4.69, 9.17) is 0 Å². The van der Waals surface area contributed by atoms with Crippen molar-refractivity contribution in [1.82, 2.24) is 14.5 Å². The molecule has 0 atom stereocenters. The quantitative estimate of drug-likeness (QED) is 0.865. The number of rotatable bonds is 3. The zero-order valence-corrected chi connectivity index (χ0v) is 9.93. The van der Waals surface area contributed by atoms with Gasteiger partial charge in [0.05, 0.1) is 22.9 Å². The highest BCUT2D eigenvalue weighted by atomic mass is 32.1. The number of hydrogen-bond acceptors (Lipinski definition) is 4. The second-order valence-corrected chi connectivity index (χ2v) is 4.59. The van der Waals surface area contributed by atoms with E-state index in [9.17, 15) is 0 Å². The molecule has 0 bridgehead atoms. The largest absolute Gasteiger partial charge is 0.350 e. The van der Waals surface area contributed by atoms with Gasteiger partial charge in [0.2, 0.25) is 5.95 Å². The molecular weight excluding hydrogens is 208 g/mol. The predicted octanol–water partition coefficient (Wildman–Crippen LogP) is 2.11. The summed E-state index contributed by atoms with van der Waals surface area (Å²) in [5.41, 5.74) is 2.09. The lowest BCUT2D eigenvalue weighted by atomic mass is 10.5. The lowest BCUT2D eigenvalue weighted by Crippen LogP contribution is -2.04. The number of nitrogens with one attached hydrogen (secondary N) is 1. The molecule has 0 amide bonds. The van der Waals surface area contributed by atoms with Crippen molar-refractivity contribution in [3.8, 4) is 0 Å². The van der Waals surface area contributed by atoms with Gasteiger partial charge in [0.1, 0.15) is 0 Å². The molecule has 0 unspecified atom stereocenters. The van der Waals surface area contributed by atoms with Gasteiger partial charge >= 0.3 is 0 Å². The molecule has 0 aliphatic rings. The summed E-state index contributed by atoms with van der Waals surface area (Å²) in [5.74, 6) is 0.887. The Kier molecular flexibility index (Phi) is 2.73. The normalized spacial score (nSPS) is 10.6. The average Bonchev–Trinajstić information content (AvgIpc) is 2.70. The number of nitrogens with zero attached hydrogens (tertiary/aromatic N) is 3. The van der Waals surface area contributed by atoms with Crippen molar-refractivity contribution in [1.29, 1.82) is 0 Å². The van der Waals surface area contributed by atoms with Crippen LogP contribution in [0.5, 0.6) is 0 Å². The molecule has 2 aromatic heterocycles. The minimum atomic E-state index is 0.731. The molecule has 15 heavy (non-hydrogen) atoms. The van der Waals surface area contributed by atoms with Crippen LogP contribution in [0.1, 0.15) is 16.4 Å². The summed E-state index contributed by atoms with van der Waals surface area (Å²) in [6.45, 7) is 4.73. The summed E-state index contributed by atoms with van der Waals surface area (Å²) in [6.07, 6.45) is 1.99. The minimum Gasteiger partial charge on any atom is -0.350 e. The van der Waals surface area contributed by atoms with Crippen LogP contribution in [0.4, 0.5) is 5.95 Å². The van der Waals surface area contributed by atoms with E-state index in [-0.39, 0.29) is 0 Å². The molecule has 2 rings (SSSR count). The van der Waals surface area contributed by atoms with Crippen molar-refractivity contribution in [2.75, 3.05) is 5.32 Å². The van der Waals surface area contributed by atoms with Gasteiger partial charge in [-0.1, -0.05) is 0 Å². The van der Waals surface area contributed by atoms with Gasteiger partial charge in [0.15, 0.2) is 0 Å². The standard InChI is InChI=1S/C10H14N4S/c1-7-5-14(3)10(12-7)11-4-9-6-15-8(2)13-9/h5-6H,4H2,1-3H3,(H,11,12). The first-order valence-electron chi connectivity index (χ1n) is 4.80. The second-order valence-electron chi connectivity index (χ2n) is 3.53. The van der Waals surface area contributed by atoms with Crippen molar-refractivity contribution in [2.24, 2.45) is 7.05 Å². The van der Waals surface area contributed by atoms with Gasteiger partial charge in [-0.25, -0.2) is 9.97 Å². The molecule has 0 aliphatic heterocycles. The lowest BCUT2D eigenvalue weighted by molar-refractivity contribution is 0.893. The molecule has 0 fully saturated rings. The maximum Gasteiger partial charge on any atom is 0.203 e. The predicted molar refractivity (Wildman–Crippen MR) is 62.1 cm³/mol. The molecule has 1 N–H and O–H groups in total. The van der Waals surface area contributed by atoms with Crippen LogP contribution in [0.25, 0.3) is 0 Å². The fourth-order valence-corrected chi connectivity index (χ4v) is 2.05. The van der Waals surface area contributed by atoms with Crippen molar-refractivity contribution in [3.63, 3.8) is 0 Å². The lowest BCUT2D eigenvalue weighted by Gasteiger charge is -2.02. The highest BCUT2D eigenvalue weighted by molar-refractivity contribution is 7.09. The molecule has 0 radical (unpaired) electrons. The molecular formula is C10H14N4S. The van der Waals surface area contributed by atoms with Gasteiger partial charge in [-0.15, -0.1) is 11.3 Å². The molecule has 0 saturated carbocycles. The zero-order valence-electron chi connectivity index (χ0n) is 9.11. The zero-order chi connectivity index (χ0) is 10.8. The van der Waals surface area contributed by atoms with E-state index in [0.29, 0.717) is 0 Å². The van der Waals surface area contributed by atoms with E-state index in [1.54, 1.807) is 11.3 Å². The maximum atomic E-state index is 4.38. The van der Waals surface area contributed by atoms with E-state index < -0.39 is 0 Å². The Hall–Kier alpha value is -1.36. The molecule has 0 aromatic carbocycles. The minimum absolute atomic E-state index is 0.731. The smallest absolute Gasteiger partial charge is 0.203 e. The molecule has 2 aromatic rings. The van der Waals surface area contributed by atoms with Gasteiger partial charge < -0.3 is 9.88 Å². The third-order valence-electron chi connectivity index (χ3n) is 2.09. The SMILES string of the molecule is Cc1cn(C)c(NCc2csc(C)n2)n1. The highest BCUT2D eigenvalue weighted by Crippen LogP contribution is 2.11. The number of thiazole rings is 1. The van der Waals surface area contributed by atoms with Gasteiger partial charge in [0, 0.05) is 18.6 Å². The summed E-state index contributed by atoms with van der Waals surface area (Å²) in [7, 11) is 1.98. The fraction of sp³-hybridized carbons (Fsp3) is 0.400. The highest BCUT2D eigenvalue weighted by Gasteiger charge is 2.02. The monoisotopic (exact) mass is 222 g/mol.